The Labute approximate surface area is 120 Å². The van der Waals surface area contributed by atoms with Gasteiger partial charge in [0.05, 0.1) is 10.0 Å². The minimum Gasteiger partial charge on any atom is -0.307 e. The molecule has 0 spiro atoms. The van der Waals surface area contributed by atoms with Crippen molar-refractivity contribution in [1.29, 1.82) is 0 Å². The van der Waals surface area contributed by atoms with Gasteiger partial charge < -0.3 is 5.43 Å². The van der Waals surface area contributed by atoms with Crippen LogP contribution in [-0.4, -0.2) is 4.98 Å². The molecule has 0 aliphatic heterocycles. The van der Waals surface area contributed by atoms with E-state index >= 15 is 0 Å². The summed E-state index contributed by atoms with van der Waals surface area (Å²) in [5.74, 6) is 5.75. The van der Waals surface area contributed by atoms with E-state index in [1.54, 1.807) is 6.07 Å². The number of rotatable bonds is 3. The van der Waals surface area contributed by atoms with Crippen molar-refractivity contribution in [3.8, 4) is 0 Å². The van der Waals surface area contributed by atoms with Crippen LogP contribution < -0.4 is 11.3 Å². The number of nitrogens with two attached hydrogens (primary N) is 1. The van der Waals surface area contributed by atoms with Crippen molar-refractivity contribution >= 4 is 40.8 Å². The molecule has 2 rings (SSSR count). The fraction of sp³-hybridized carbons (Fsp3) is 0.0833. The third-order valence-electron chi connectivity index (χ3n) is 2.27. The highest BCUT2D eigenvalue weighted by molar-refractivity contribution is 7.99. The lowest BCUT2D eigenvalue weighted by molar-refractivity contribution is 1.11. The van der Waals surface area contributed by atoms with Gasteiger partial charge in [-0.15, -0.1) is 0 Å². The van der Waals surface area contributed by atoms with E-state index in [9.17, 15) is 0 Å². The van der Waals surface area contributed by atoms with Crippen LogP contribution in [-0.2, 0) is 0 Å². The van der Waals surface area contributed by atoms with Crippen molar-refractivity contribution in [3.63, 3.8) is 0 Å². The van der Waals surface area contributed by atoms with Crippen molar-refractivity contribution in [1.82, 2.24) is 4.98 Å². The molecule has 6 heteroatoms. The molecule has 0 saturated carbocycles. The monoisotopic (exact) mass is 299 g/mol. The Balaban J connectivity index is 2.31. The van der Waals surface area contributed by atoms with Crippen LogP contribution in [0.15, 0.2) is 40.3 Å². The lowest BCUT2D eigenvalue weighted by Crippen LogP contribution is -2.09. The van der Waals surface area contributed by atoms with E-state index in [-0.39, 0.29) is 0 Å². The fourth-order valence-electron chi connectivity index (χ4n) is 1.34. The normalized spacial score (nSPS) is 10.4. The van der Waals surface area contributed by atoms with Gasteiger partial charge in [-0.3, -0.25) is 0 Å². The maximum Gasteiger partial charge on any atom is 0.160 e. The van der Waals surface area contributed by atoms with Crippen LogP contribution in [0.5, 0.6) is 0 Å². The second-order valence-electron chi connectivity index (χ2n) is 3.67. The van der Waals surface area contributed by atoms with Gasteiger partial charge in [-0.05, 0) is 25.1 Å². The second-order valence-corrected chi connectivity index (χ2v) is 5.54. The summed E-state index contributed by atoms with van der Waals surface area (Å²) >= 11 is 13.5. The lowest BCUT2D eigenvalue weighted by atomic mass is 10.2. The average Bonchev–Trinajstić information content (AvgIpc) is 2.35. The molecule has 0 aliphatic carbocycles. The molecule has 0 amide bonds. The zero-order valence-electron chi connectivity index (χ0n) is 9.58. The largest absolute Gasteiger partial charge is 0.307 e. The van der Waals surface area contributed by atoms with E-state index in [0.29, 0.717) is 20.9 Å². The number of nitrogens with one attached hydrogen (secondary N) is 1. The Morgan fingerprint density at radius 2 is 1.83 bits per heavy atom. The van der Waals surface area contributed by atoms with Gasteiger partial charge in [-0.1, -0.05) is 52.7 Å². The van der Waals surface area contributed by atoms with Gasteiger partial charge in [0, 0.05) is 4.90 Å². The number of nitrogen functional groups attached to an aromatic ring is 1. The summed E-state index contributed by atoms with van der Waals surface area (Å²) in [6.45, 7) is 2.04. The number of aromatic nitrogens is 1. The van der Waals surface area contributed by atoms with Crippen LogP contribution in [0.2, 0.25) is 10.0 Å². The molecule has 3 nitrogen and oxygen atoms in total. The molecule has 94 valence electrons. The Bertz CT molecular complexity index is 558. The van der Waals surface area contributed by atoms with Crippen LogP contribution in [0.1, 0.15) is 5.56 Å². The van der Waals surface area contributed by atoms with Gasteiger partial charge in [0.2, 0.25) is 0 Å². The molecule has 3 N–H and O–H groups in total. The van der Waals surface area contributed by atoms with Crippen molar-refractivity contribution in [2.45, 2.75) is 16.8 Å². The molecular weight excluding hydrogens is 289 g/mol. The Kier molecular flexibility index (Phi) is 4.35. The molecule has 18 heavy (non-hydrogen) atoms. The number of benzene rings is 1. The topological polar surface area (TPSA) is 50.9 Å². The van der Waals surface area contributed by atoms with E-state index in [0.717, 1.165) is 4.90 Å². The van der Waals surface area contributed by atoms with Crippen molar-refractivity contribution in [2.75, 3.05) is 5.43 Å². The Hall–Kier alpha value is -0.940. The number of anilines is 1. The summed E-state index contributed by atoms with van der Waals surface area (Å²) in [5, 5.41) is 1.57. The third kappa shape index (κ3) is 3.09. The minimum absolute atomic E-state index is 0.399. The summed E-state index contributed by atoms with van der Waals surface area (Å²) in [5.41, 5.74) is 3.65. The highest BCUT2D eigenvalue weighted by Gasteiger charge is 2.10. The smallest absolute Gasteiger partial charge is 0.160 e. The molecule has 1 aromatic heterocycles. The number of hydrazine groups is 1. The number of hydrogen-bond donors (Lipinski definition) is 2. The highest BCUT2D eigenvalue weighted by atomic mass is 35.5. The zero-order chi connectivity index (χ0) is 13.1. The van der Waals surface area contributed by atoms with Gasteiger partial charge in [0.1, 0.15) is 5.03 Å². The average molecular weight is 300 g/mol. The first kappa shape index (κ1) is 13.5. The highest BCUT2D eigenvalue weighted by Crippen LogP contribution is 2.35. The van der Waals surface area contributed by atoms with E-state index < -0.39 is 0 Å². The maximum absolute atomic E-state index is 6.10. The number of nitrogens with zero attached hydrogens (tertiary/aromatic N) is 1. The summed E-state index contributed by atoms with van der Waals surface area (Å²) in [7, 11) is 0. The molecule has 1 heterocycles. The Morgan fingerprint density at radius 1 is 1.17 bits per heavy atom. The zero-order valence-corrected chi connectivity index (χ0v) is 11.9. The van der Waals surface area contributed by atoms with E-state index in [2.05, 4.69) is 10.4 Å². The van der Waals surface area contributed by atoms with E-state index in [1.165, 1.54) is 17.3 Å². The van der Waals surface area contributed by atoms with E-state index in [1.807, 2.05) is 31.2 Å². The van der Waals surface area contributed by atoms with Gasteiger partial charge in [0.25, 0.3) is 0 Å². The van der Waals surface area contributed by atoms with Gasteiger partial charge in [-0.2, -0.15) is 0 Å². The molecule has 2 aromatic rings. The van der Waals surface area contributed by atoms with Gasteiger partial charge >= 0.3 is 0 Å². The summed E-state index contributed by atoms with van der Waals surface area (Å²) in [4.78, 5) is 5.33. The van der Waals surface area contributed by atoms with Crippen LogP contribution >= 0.6 is 35.0 Å². The quantitative estimate of drug-likeness (QED) is 0.661. The van der Waals surface area contributed by atoms with Crippen molar-refractivity contribution in [2.24, 2.45) is 5.84 Å². The number of hydrogen-bond acceptors (Lipinski definition) is 4. The standard InChI is InChI=1S/C12H11Cl2N3S/c1-7-2-4-8(5-3-7)18-12-10(14)6-9(13)11(16-12)17-15/h2-6H,15H2,1H3,(H,16,17). The number of pyridine rings is 1. The van der Waals surface area contributed by atoms with Gasteiger partial charge in [0.15, 0.2) is 5.82 Å². The molecule has 0 unspecified atom stereocenters. The second kappa shape index (κ2) is 5.80. The maximum atomic E-state index is 6.10. The molecule has 0 atom stereocenters. The molecular formula is C12H11Cl2N3S. The van der Waals surface area contributed by atoms with Crippen LogP contribution in [0.4, 0.5) is 5.82 Å². The van der Waals surface area contributed by atoms with Crippen LogP contribution in [0.25, 0.3) is 0 Å². The Morgan fingerprint density at radius 3 is 2.44 bits per heavy atom. The summed E-state index contributed by atoms with van der Waals surface area (Å²) in [6.07, 6.45) is 0. The summed E-state index contributed by atoms with van der Waals surface area (Å²) < 4.78 is 0. The van der Waals surface area contributed by atoms with Crippen LogP contribution in [0.3, 0.4) is 0 Å². The molecule has 0 radical (unpaired) electrons. The molecule has 0 bridgehead atoms. The third-order valence-corrected chi connectivity index (χ3v) is 3.97. The SMILES string of the molecule is Cc1ccc(Sc2nc(NN)c(Cl)cc2Cl)cc1. The van der Waals surface area contributed by atoms with E-state index in [4.69, 9.17) is 29.0 Å². The summed E-state index contributed by atoms with van der Waals surface area (Å²) in [6, 6.07) is 9.73. The van der Waals surface area contributed by atoms with Crippen molar-refractivity contribution in [3.05, 3.63) is 45.9 Å². The number of halogens is 2. The molecule has 0 fully saturated rings. The lowest BCUT2D eigenvalue weighted by Gasteiger charge is -2.08. The predicted octanol–water partition coefficient (Wildman–Crippen LogP) is 4.13. The fourth-order valence-corrected chi connectivity index (χ4v) is 2.66. The first-order valence-electron chi connectivity index (χ1n) is 5.17. The van der Waals surface area contributed by atoms with Crippen molar-refractivity contribution < 1.29 is 0 Å². The first-order chi connectivity index (χ1) is 8.60. The minimum atomic E-state index is 0.399. The van der Waals surface area contributed by atoms with Gasteiger partial charge in [-0.25, -0.2) is 10.8 Å². The molecule has 0 saturated heterocycles. The molecule has 1 aromatic carbocycles. The number of aryl methyl sites for hydroxylation is 1. The first-order valence-corrected chi connectivity index (χ1v) is 6.74. The predicted molar refractivity (Wildman–Crippen MR) is 77.4 cm³/mol. The molecule has 0 aliphatic rings. The van der Waals surface area contributed by atoms with Crippen LogP contribution in [0, 0.1) is 6.92 Å².